The molecular weight excluding hydrogens is 210 g/mol. The van der Waals surface area contributed by atoms with E-state index in [-0.39, 0.29) is 5.75 Å². The highest BCUT2D eigenvalue weighted by atomic mass is 16.3. The molecule has 0 aliphatic carbocycles. The number of anilines is 1. The molecule has 0 spiro atoms. The highest BCUT2D eigenvalue weighted by molar-refractivity contribution is 5.83. The van der Waals surface area contributed by atoms with Gasteiger partial charge in [0, 0.05) is 11.3 Å². The summed E-state index contributed by atoms with van der Waals surface area (Å²) in [5.74, 6) is 0.233. The number of rotatable bonds is 1. The summed E-state index contributed by atoms with van der Waals surface area (Å²) in [6, 6.07) is 9.43. The van der Waals surface area contributed by atoms with Crippen LogP contribution in [0.2, 0.25) is 0 Å². The second-order valence-electron chi connectivity index (χ2n) is 4.49. The smallest absolute Gasteiger partial charge is 0.125 e. The van der Waals surface area contributed by atoms with Crippen molar-refractivity contribution < 1.29 is 5.11 Å². The Bertz CT molecular complexity index is 553. The Balaban J connectivity index is 2.73. The van der Waals surface area contributed by atoms with Crippen LogP contribution in [-0.4, -0.2) is 5.11 Å². The molecule has 3 N–H and O–H groups in total. The normalized spacial score (nSPS) is 10.5. The maximum absolute atomic E-state index is 9.95. The van der Waals surface area contributed by atoms with E-state index in [1.165, 1.54) is 11.1 Å². The minimum absolute atomic E-state index is 0.233. The Morgan fingerprint density at radius 3 is 2.24 bits per heavy atom. The van der Waals surface area contributed by atoms with Gasteiger partial charge >= 0.3 is 0 Å². The number of phenols is 1. The molecule has 2 heteroatoms. The minimum atomic E-state index is 0.233. The molecular formula is C15H17NO. The fourth-order valence-corrected chi connectivity index (χ4v) is 2.08. The largest absolute Gasteiger partial charge is 0.507 e. The van der Waals surface area contributed by atoms with E-state index in [0.717, 1.165) is 16.7 Å². The van der Waals surface area contributed by atoms with Crippen molar-refractivity contribution in [3.63, 3.8) is 0 Å². The van der Waals surface area contributed by atoms with Crippen LogP contribution in [0.5, 0.6) is 5.75 Å². The van der Waals surface area contributed by atoms with Crippen LogP contribution in [0.4, 0.5) is 5.69 Å². The van der Waals surface area contributed by atoms with E-state index in [1.54, 1.807) is 12.1 Å². The molecule has 0 amide bonds. The van der Waals surface area contributed by atoms with Gasteiger partial charge in [-0.05, 0) is 55.2 Å². The molecule has 0 fully saturated rings. The quantitative estimate of drug-likeness (QED) is 0.732. The van der Waals surface area contributed by atoms with Crippen molar-refractivity contribution in [1.82, 2.24) is 0 Å². The average molecular weight is 227 g/mol. The van der Waals surface area contributed by atoms with Gasteiger partial charge < -0.3 is 10.8 Å². The summed E-state index contributed by atoms with van der Waals surface area (Å²) in [5, 5.41) is 9.95. The number of nitrogens with two attached hydrogens (primary N) is 1. The van der Waals surface area contributed by atoms with Crippen molar-refractivity contribution in [2.75, 3.05) is 5.73 Å². The number of hydrogen-bond donors (Lipinski definition) is 2. The van der Waals surface area contributed by atoms with Crippen LogP contribution in [0.3, 0.4) is 0 Å². The van der Waals surface area contributed by atoms with E-state index in [0.29, 0.717) is 5.69 Å². The van der Waals surface area contributed by atoms with Gasteiger partial charge in [-0.2, -0.15) is 0 Å². The highest BCUT2D eigenvalue weighted by Crippen LogP contribution is 2.37. The zero-order valence-electron chi connectivity index (χ0n) is 10.4. The van der Waals surface area contributed by atoms with Crippen LogP contribution in [-0.2, 0) is 0 Å². The Hall–Kier alpha value is -1.96. The summed E-state index contributed by atoms with van der Waals surface area (Å²) in [6.45, 7) is 6.18. The molecule has 0 bridgehead atoms. The van der Waals surface area contributed by atoms with Gasteiger partial charge in [-0.1, -0.05) is 18.2 Å². The molecule has 0 unspecified atom stereocenters. The monoisotopic (exact) mass is 227 g/mol. The van der Waals surface area contributed by atoms with Crippen molar-refractivity contribution in [3.05, 3.63) is 47.0 Å². The second kappa shape index (κ2) is 4.13. The molecule has 0 radical (unpaired) electrons. The summed E-state index contributed by atoms with van der Waals surface area (Å²) in [4.78, 5) is 0. The lowest BCUT2D eigenvalue weighted by Crippen LogP contribution is -1.94. The predicted molar refractivity (Wildman–Crippen MR) is 72.2 cm³/mol. The van der Waals surface area contributed by atoms with Gasteiger partial charge in [-0.25, -0.2) is 0 Å². The topological polar surface area (TPSA) is 46.2 Å². The number of aromatic hydroxyl groups is 1. The van der Waals surface area contributed by atoms with Crippen LogP contribution in [0.25, 0.3) is 11.1 Å². The molecule has 0 saturated carbocycles. The fourth-order valence-electron chi connectivity index (χ4n) is 2.08. The molecule has 17 heavy (non-hydrogen) atoms. The van der Waals surface area contributed by atoms with E-state index in [2.05, 4.69) is 26.0 Å². The van der Waals surface area contributed by atoms with Crippen molar-refractivity contribution >= 4 is 5.69 Å². The number of benzene rings is 2. The highest BCUT2D eigenvalue weighted by Gasteiger charge is 2.11. The van der Waals surface area contributed by atoms with Crippen molar-refractivity contribution in [1.29, 1.82) is 0 Å². The van der Waals surface area contributed by atoms with Crippen LogP contribution < -0.4 is 5.73 Å². The van der Waals surface area contributed by atoms with E-state index in [4.69, 9.17) is 5.73 Å². The van der Waals surface area contributed by atoms with Crippen LogP contribution >= 0.6 is 0 Å². The molecule has 0 heterocycles. The predicted octanol–water partition coefficient (Wildman–Crippen LogP) is 3.57. The molecule has 0 aliphatic rings. The van der Waals surface area contributed by atoms with Crippen molar-refractivity contribution in [2.45, 2.75) is 20.8 Å². The maximum Gasteiger partial charge on any atom is 0.125 e. The number of aryl methyl sites for hydroxylation is 3. The minimum Gasteiger partial charge on any atom is -0.507 e. The second-order valence-corrected chi connectivity index (χ2v) is 4.49. The zero-order chi connectivity index (χ0) is 12.6. The Labute approximate surface area is 102 Å². The lowest BCUT2D eigenvalue weighted by atomic mass is 9.94. The molecule has 88 valence electrons. The summed E-state index contributed by atoms with van der Waals surface area (Å²) in [5.41, 5.74) is 11.9. The Kier molecular flexibility index (Phi) is 2.80. The number of phenolic OH excluding ortho intramolecular Hbond substituents is 1. The zero-order valence-corrected chi connectivity index (χ0v) is 10.4. The Morgan fingerprint density at radius 2 is 1.59 bits per heavy atom. The van der Waals surface area contributed by atoms with E-state index < -0.39 is 0 Å². The third kappa shape index (κ3) is 1.98. The van der Waals surface area contributed by atoms with Gasteiger partial charge in [0.15, 0.2) is 0 Å². The molecule has 2 aromatic rings. The first kappa shape index (κ1) is 11.5. The van der Waals surface area contributed by atoms with Crippen molar-refractivity contribution in [3.8, 4) is 16.9 Å². The molecule has 0 saturated heterocycles. The van der Waals surface area contributed by atoms with E-state index in [9.17, 15) is 5.11 Å². The Morgan fingerprint density at radius 1 is 0.941 bits per heavy atom. The third-order valence-corrected chi connectivity index (χ3v) is 3.18. The molecule has 2 aromatic carbocycles. The molecule has 0 aromatic heterocycles. The number of nitrogen functional groups attached to an aromatic ring is 1. The van der Waals surface area contributed by atoms with Gasteiger partial charge in [0.05, 0.1) is 0 Å². The van der Waals surface area contributed by atoms with Gasteiger partial charge in [-0.15, -0.1) is 0 Å². The fraction of sp³-hybridized carbons (Fsp3) is 0.200. The molecule has 0 atom stereocenters. The SMILES string of the molecule is Cc1cc(C)c(-c2c(N)cccc2O)cc1C. The lowest BCUT2D eigenvalue weighted by molar-refractivity contribution is 0.477. The van der Waals surface area contributed by atoms with Crippen LogP contribution in [0.15, 0.2) is 30.3 Å². The first-order valence-corrected chi connectivity index (χ1v) is 5.66. The van der Waals surface area contributed by atoms with Crippen molar-refractivity contribution in [2.24, 2.45) is 0 Å². The standard InChI is InChI=1S/C15H17NO/c1-9-7-11(3)12(8-10(9)2)15-13(16)5-4-6-14(15)17/h4-8,17H,16H2,1-3H3. The summed E-state index contributed by atoms with van der Waals surface area (Å²) >= 11 is 0. The summed E-state index contributed by atoms with van der Waals surface area (Å²) in [7, 11) is 0. The first-order chi connectivity index (χ1) is 8.00. The lowest BCUT2D eigenvalue weighted by Gasteiger charge is -2.13. The van der Waals surface area contributed by atoms with Gasteiger partial charge in [0.1, 0.15) is 5.75 Å². The van der Waals surface area contributed by atoms with Gasteiger partial charge in [0.2, 0.25) is 0 Å². The van der Waals surface area contributed by atoms with Gasteiger partial charge in [-0.3, -0.25) is 0 Å². The summed E-state index contributed by atoms with van der Waals surface area (Å²) in [6.07, 6.45) is 0. The first-order valence-electron chi connectivity index (χ1n) is 5.66. The maximum atomic E-state index is 9.95. The molecule has 2 nitrogen and oxygen atoms in total. The van der Waals surface area contributed by atoms with E-state index in [1.807, 2.05) is 13.0 Å². The third-order valence-electron chi connectivity index (χ3n) is 3.18. The molecule has 0 aliphatic heterocycles. The van der Waals surface area contributed by atoms with Crippen LogP contribution in [0, 0.1) is 20.8 Å². The number of hydrogen-bond acceptors (Lipinski definition) is 2. The summed E-state index contributed by atoms with van der Waals surface area (Å²) < 4.78 is 0. The van der Waals surface area contributed by atoms with Gasteiger partial charge in [0.25, 0.3) is 0 Å². The average Bonchev–Trinajstić information content (AvgIpc) is 2.25. The molecule has 2 rings (SSSR count). The van der Waals surface area contributed by atoms with Crippen LogP contribution in [0.1, 0.15) is 16.7 Å². The van der Waals surface area contributed by atoms with E-state index >= 15 is 0 Å².